The van der Waals surface area contributed by atoms with Crippen molar-refractivity contribution in [2.24, 2.45) is 5.41 Å². The van der Waals surface area contributed by atoms with Crippen molar-refractivity contribution in [2.45, 2.75) is 73.4 Å². The van der Waals surface area contributed by atoms with Gasteiger partial charge in [0.1, 0.15) is 0 Å². The van der Waals surface area contributed by atoms with Gasteiger partial charge in [-0.1, -0.05) is 52.5 Å². The van der Waals surface area contributed by atoms with E-state index in [9.17, 15) is 0 Å². The average Bonchev–Trinajstić information content (AvgIpc) is 2.31. The van der Waals surface area contributed by atoms with Gasteiger partial charge >= 0.3 is 0 Å². The second-order valence-corrected chi connectivity index (χ2v) is 7.59. The van der Waals surface area contributed by atoms with Crippen LogP contribution < -0.4 is 0 Å². The third-order valence-corrected chi connectivity index (χ3v) is 4.04. The van der Waals surface area contributed by atoms with Crippen molar-refractivity contribution in [3.63, 3.8) is 0 Å². The molecule has 0 amide bonds. The Morgan fingerprint density at radius 2 is 1.65 bits per heavy atom. The maximum atomic E-state index is 4.26. The van der Waals surface area contributed by atoms with Crippen LogP contribution in [0.15, 0.2) is 36.0 Å². The van der Waals surface area contributed by atoms with Crippen LogP contribution in [-0.2, 0) is 0 Å². The fourth-order valence-electron chi connectivity index (χ4n) is 2.06. The highest BCUT2D eigenvalue weighted by Crippen LogP contribution is 2.30. The van der Waals surface area contributed by atoms with E-state index in [0.29, 0.717) is 6.04 Å². The molecule has 0 rings (SSSR count). The van der Waals surface area contributed by atoms with Crippen molar-refractivity contribution in [1.29, 1.82) is 0 Å². The van der Waals surface area contributed by atoms with Gasteiger partial charge in [0.2, 0.25) is 0 Å². The first-order valence-electron chi connectivity index (χ1n) is 7.72. The van der Waals surface area contributed by atoms with Crippen molar-refractivity contribution in [3.8, 4) is 0 Å². The van der Waals surface area contributed by atoms with Crippen LogP contribution in [-0.4, -0.2) is 23.5 Å². The van der Waals surface area contributed by atoms with E-state index in [-0.39, 0.29) is 11.0 Å². The number of nitrogens with zero attached hydrogens (tertiary/aromatic N) is 1. The third-order valence-electron chi connectivity index (χ3n) is 4.04. The van der Waals surface area contributed by atoms with E-state index in [1.54, 1.807) is 0 Å². The van der Waals surface area contributed by atoms with E-state index in [0.717, 1.165) is 6.42 Å². The Bertz CT molecular complexity index is 372. The number of rotatable bonds is 5. The minimum absolute atomic E-state index is 0.115. The van der Waals surface area contributed by atoms with E-state index in [4.69, 9.17) is 0 Å². The Morgan fingerprint density at radius 3 is 1.95 bits per heavy atom. The van der Waals surface area contributed by atoms with Gasteiger partial charge in [0, 0.05) is 11.6 Å². The molecule has 1 heteroatoms. The molecule has 0 spiro atoms. The lowest BCUT2D eigenvalue weighted by atomic mass is 9.82. The molecule has 0 aliphatic carbocycles. The number of hydrogen-bond donors (Lipinski definition) is 0. The predicted octanol–water partition coefficient (Wildman–Crippen LogP) is 5.60. The summed E-state index contributed by atoms with van der Waals surface area (Å²) in [6, 6.07) is 0.456. The quantitative estimate of drug-likeness (QED) is 0.591. The Balaban J connectivity index is 5.11. The molecule has 0 N–H and O–H groups in total. The molecule has 1 unspecified atom stereocenters. The smallest absolute Gasteiger partial charge is 0.0280 e. The van der Waals surface area contributed by atoms with Gasteiger partial charge < -0.3 is 0 Å². The summed E-state index contributed by atoms with van der Waals surface area (Å²) in [4.78, 5) is 2.43. The van der Waals surface area contributed by atoms with Gasteiger partial charge in [0.15, 0.2) is 0 Å². The highest BCUT2D eigenvalue weighted by molar-refractivity contribution is 5.41. The van der Waals surface area contributed by atoms with Crippen LogP contribution in [0.25, 0.3) is 0 Å². The molecule has 0 saturated carbocycles. The summed E-state index contributed by atoms with van der Waals surface area (Å²) in [5.41, 5.74) is 2.74. The van der Waals surface area contributed by atoms with Crippen molar-refractivity contribution in [2.75, 3.05) is 7.05 Å². The van der Waals surface area contributed by atoms with Gasteiger partial charge in [0.05, 0.1) is 0 Å². The molecule has 0 bridgehead atoms. The van der Waals surface area contributed by atoms with Crippen LogP contribution in [0.4, 0.5) is 0 Å². The topological polar surface area (TPSA) is 3.24 Å². The summed E-state index contributed by atoms with van der Waals surface area (Å²) in [5, 5.41) is 0. The molecule has 0 radical (unpaired) electrons. The zero-order chi connectivity index (χ0) is 16.1. The lowest BCUT2D eigenvalue weighted by Crippen LogP contribution is -2.44. The first kappa shape index (κ1) is 19.2. The van der Waals surface area contributed by atoms with Gasteiger partial charge in [-0.15, -0.1) is 0 Å². The second-order valence-electron chi connectivity index (χ2n) is 7.59. The number of hydrogen-bond acceptors (Lipinski definition) is 1. The van der Waals surface area contributed by atoms with Crippen LogP contribution in [0.3, 0.4) is 0 Å². The summed E-state index contributed by atoms with van der Waals surface area (Å²) >= 11 is 0. The van der Waals surface area contributed by atoms with E-state index in [1.807, 2.05) is 0 Å². The van der Waals surface area contributed by atoms with Crippen molar-refractivity contribution < 1.29 is 0 Å². The number of allylic oxidation sites excluding steroid dienone is 4. The van der Waals surface area contributed by atoms with Crippen molar-refractivity contribution in [1.82, 2.24) is 4.90 Å². The highest BCUT2D eigenvalue weighted by atomic mass is 15.2. The van der Waals surface area contributed by atoms with E-state index in [2.05, 4.69) is 92.1 Å². The zero-order valence-corrected chi connectivity index (χ0v) is 15.2. The first-order valence-corrected chi connectivity index (χ1v) is 7.72. The van der Waals surface area contributed by atoms with E-state index in [1.165, 1.54) is 11.1 Å². The minimum Gasteiger partial charge on any atom is -0.295 e. The van der Waals surface area contributed by atoms with Gasteiger partial charge in [-0.3, -0.25) is 4.90 Å². The Labute approximate surface area is 127 Å². The molecule has 0 aromatic carbocycles. The van der Waals surface area contributed by atoms with Crippen LogP contribution >= 0.6 is 0 Å². The largest absolute Gasteiger partial charge is 0.295 e. The maximum absolute atomic E-state index is 4.26. The lowest BCUT2D eigenvalue weighted by molar-refractivity contribution is 0.138. The summed E-state index contributed by atoms with van der Waals surface area (Å²) in [6.45, 7) is 22.0. The van der Waals surface area contributed by atoms with Gasteiger partial charge in [0.25, 0.3) is 0 Å². The van der Waals surface area contributed by atoms with Gasteiger partial charge in [-0.2, -0.15) is 0 Å². The molecule has 0 saturated heterocycles. The fourth-order valence-corrected chi connectivity index (χ4v) is 2.06. The SMILES string of the molecule is C=C(C(/C=C\C(CC)N(C)C(C)(C)C)=C/C)C(C)(C)C. The third kappa shape index (κ3) is 5.66. The molecule has 0 heterocycles. The van der Waals surface area contributed by atoms with E-state index < -0.39 is 0 Å². The Hall–Kier alpha value is -0.820. The normalized spacial score (nSPS) is 16.0. The van der Waals surface area contributed by atoms with Gasteiger partial charge in [-0.25, -0.2) is 0 Å². The van der Waals surface area contributed by atoms with Crippen LogP contribution in [0, 0.1) is 5.41 Å². The zero-order valence-electron chi connectivity index (χ0n) is 15.2. The maximum Gasteiger partial charge on any atom is 0.0280 e. The monoisotopic (exact) mass is 277 g/mol. The number of likely N-dealkylation sites (N-methyl/N-ethyl adjacent to an activating group) is 1. The predicted molar refractivity (Wildman–Crippen MR) is 93.1 cm³/mol. The molecule has 0 fully saturated rings. The Morgan fingerprint density at radius 1 is 1.15 bits per heavy atom. The van der Waals surface area contributed by atoms with Gasteiger partial charge in [-0.05, 0) is 57.7 Å². The molecule has 116 valence electrons. The van der Waals surface area contributed by atoms with E-state index >= 15 is 0 Å². The average molecular weight is 277 g/mol. The Kier molecular flexibility index (Phi) is 6.97. The van der Waals surface area contributed by atoms with Crippen LogP contribution in [0.2, 0.25) is 0 Å². The summed E-state index contributed by atoms with van der Waals surface area (Å²) < 4.78 is 0. The van der Waals surface area contributed by atoms with Crippen LogP contribution in [0.1, 0.15) is 61.8 Å². The summed E-state index contributed by atoms with van der Waals surface area (Å²) in [7, 11) is 2.20. The lowest BCUT2D eigenvalue weighted by Gasteiger charge is -2.37. The summed E-state index contributed by atoms with van der Waals surface area (Å²) in [5.74, 6) is 0. The second kappa shape index (κ2) is 7.26. The molecular weight excluding hydrogens is 242 g/mol. The molecule has 0 aliphatic heterocycles. The fraction of sp³-hybridized carbons (Fsp3) is 0.684. The molecule has 0 aromatic rings. The summed E-state index contributed by atoms with van der Waals surface area (Å²) in [6.07, 6.45) is 7.83. The molecule has 20 heavy (non-hydrogen) atoms. The first-order chi connectivity index (χ1) is 8.95. The molecular formula is C19H35N. The molecule has 1 nitrogen and oxygen atoms in total. The molecule has 0 aromatic heterocycles. The van der Waals surface area contributed by atoms with Crippen molar-refractivity contribution >= 4 is 0 Å². The minimum atomic E-state index is 0.115. The standard InChI is InChI=1S/C19H35N/c1-11-16(15(3)18(4,5)6)13-14-17(12-2)20(10)19(7,8)9/h11,13-14,17H,3,12H2,1-2,4-10H3/b14-13-,16-11+. The molecule has 1 atom stereocenters. The van der Waals surface area contributed by atoms with Crippen LogP contribution in [0.5, 0.6) is 0 Å². The highest BCUT2D eigenvalue weighted by Gasteiger charge is 2.22. The molecule has 0 aliphatic rings. The van der Waals surface area contributed by atoms with Crippen molar-refractivity contribution in [3.05, 3.63) is 36.0 Å².